The molecule has 0 unspecified atom stereocenters. The number of nitrogens with zero attached hydrogens (tertiary/aromatic N) is 2. The molecule has 0 N–H and O–H groups in total. The van der Waals surface area contributed by atoms with E-state index in [0.717, 1.165) is 5.56 Å². The highest BCUT2D eigenvalue weighted by Gasteiger charge is 2.15. The quantitative estimate of drug-likeness (QED) is 0.800. The Balaban J connectivity index is 2.13. The fourth-order valence-corrected chi connectivity index (χ4v) is 2.34. The normalized spacial score (nSPS) is 10.2. The van der Waals surface area contributed by atoms with E-state index in [9.17, 15) is 4.79 Å². The van der Waals surface area contributed by atoms with Gasteiger partial charge >= 0.3 is 0 Å². The Morgan fingerprint density at radius 1 is 1.53 bits per heavy atom. The van der Waals surface area contributed by atoms with E-state index < -0.39 is 0 Å². The van der Waals surface area contributed by atoms with Gasteiger partial charge in [-0.25, -0.2) is 4.98 Å². The number of pyridine rings is 1. The summed E-state index contributed by atoms with van der Waals surface area (Å²) in [7, 11) is 1.75. The first-order valence-corrected chi connectivity index (χ1v) is 6.37. The molecule has 0 atom stereocenters. The highest BCUT2D eigenvalue weighted by atomic mass is 35.5. The number of halogens is 1. The molecular weight excluding hydrogens is 256 g/mol. The van der Waals surface area contributed by atoms with Gasteiger partial charge in [-0.2, -0.15) is 11.3 Å². The minimum absolute atomic E-state index is 0.116. The molecule has 0 fully saturated rings. The second-order valence-electron chi connectivity index (χ2n) is 3.63. The van der Waals surface area contributed by atoms with Crippen LogP contribution in [-0.4, -0.2) is 22.8 Å². The number of aromatic nitrogens is 1. The lowest BCUT2D eigenvalue weighted by molar-refractivity contribution is 0.0785. The van der Waals surface area contributed by atoms with Crippen molar-refractivity contribution in [1.82, 2.24) is 9.88 Å². The molecule has 88 valence electrons. The summed E-state index contributed by atoms with van der Waals surface area (Å²) in [6.45, 7) is 0.577. The summed E-state index contributed by atoms with van der Waals surface area (Å²) in [6.07, 6.45) is 1.57. The third-order valence-corrected chi connectivity index (χ3v) is 3.37. The van der Waals surface area contributed by atoms with Gasteiger partial charge in [0.15, 0.2) is 0 Å². The average molecular weight is 267 g/mol. The van der Waals surface area contributed by atoms with Crippen molar-refractivity contribution in [2.45, 2.75) is 6.54 Å². The molecule has 0 bridgehead atoms. The van der Waals surface area contributed by atoms with Gasteiger partial charge in [-0.1, -0.05) is 11.6 Å². The molecule has 0 aliphatic rings. The molecule has 0 aliphatic heterocycles. The van der Waals surface area contributed by atoms with Crippen LogP contribution in [0.25, 0.3) is 0 Å². The summed E-state index contributed by atoms with van der Waals surface area (Å²) in [5.74, 6) is -0.116. The Hall–Kier alpha value is -1.39. The summed E-state index contributed by atoms with van der Waals surface area (Å²) in [5.41, 5.74) is 1.55. The van der Waals surface area contributed by atoms with E-state index in [1.54, 1.807) is 41.6 Å². The number of carbonyl (C=O) groups excluding carboxylic acids is 1. The van der Waals surface area contributed by atoms with Crippen LogP contribution in [0.3, 0.4) is 0 Å². The Labute approximate surface area is 109 Å². The number of rotatable bonds is 3. The Bertz CT molecular complexity index is 513. The molecule has 0 radical (unpaired) electrons. The van der Waals surface area contributed by atoms with Crippen molar-refractivity contribution in [1.29, 1.82) is 0 Å². The summed E-state index contributed by atoms with van der Waals surface area (Å²) in [4.78, 5) is 17.6. The highest BCUT2D eigenvalue weighted by Crippen LogP contribution is 2.15. The minimum Gasteiger partial charge on any atom is -0.337 e. The largest absolute Gasteiger partial charge is 0.337 e. The van der Waals surface area contributed by atoms with E-state index in [1.807, 2.05) is 16.8 Å². The molecule has 3 nitrogen and oxygen atoms in total. The molecule has 2 heterocycles. The van der Waals surface area contributed by atoms with E-state index in [0.29, 0.717) is 12.1 Å². The second kappa shape index (κ2) is 5.29. The van der Waals surface area contributed by atoms with Crippen LogP contribution < -0.4 is 0 Å². The average Bonchev–Trinajstić information content (AvgIpc) is 2.81. The Morgan fingerprint density at radius 3 is 3.00 bits per heavy atom. The monoisotopic (exact) mass is 266 g/mol. The molecule has 0 saturated heterocycles. The molecule has 0 saturated carbocycles. The second-order valence-corrected chi connectivity index (χ2v) is 4.77. The van der Waals surface area contributed by atoms with Gasteiger partial charge < -0.3 is 4.90 Å². The molecule has 0 aromatic carbocycles. The molecule has 0 aliphatic carbocycles. The van der Waals surface area contributed by atoms with Gasteiger partial charge in [-0.15, -0.1) is 0 Å². The first-order valence-electron chi connectivity index (χ1n) is 5.05. The van der Waals surface area contributed by atoms with Gasteiger partial charge in [0.1, 0.15) is 5.15 Å². The van der Waals surface area contributed by atoms with Crippen molar-refractivity contribution in [2.75, 3.05) is 7.05 Å². The molecule has 5 heteroatoms. The first kappa shape index (κ1) is 12.1. The zero-order chi connectivity index (χ0) is 12.3. The number of thiophene rings is 1. The van der Waals surface area contributed by atoms with Crippen LogP contribution in [0, 0.1) is 0 Å². The van der Waals surface area contributed by atoms with E-state index in [-0.39, 0.29) is 11.1 Å². The zero-order valence-corrected chi connectivity index (χ0v) is 10.8. The fourth-order valence-electron chi connectivity index (χ4n) is 1.48. The Morgan fingerprint density at radius 2 is 2.35 bits per heavy atom. The number of hydrogen-bond acceptors (Lipinski definition) is 3. The minimum atomic E-state index is -0.116. The van der Waals surface area contributed by atoms with E-state index in [1.165, 1.54) is 0 Å². The maximum Gasteiger partial charge on any atom is 0.257 e. The maximum absolute atomic E-state index is 12.1. The lowest BCUT2D eigenvalue weighted by Crippen LogP contribution is -2.26. The van der Waals surface area contributed by atoms with Crippen LogP contribution in [0.5, 0.6) is 0 Å². The Kier molecular flexibility index (Phi) is 3.76. The maximum atomic E-state index is 12.1. The van der Waals surface area contributed by atoms with Gasteiger partial charge in [-0.3, -0.25) is 4.79 Å². The number of hydrogen-bond donors (Lipinski definition) is 0. The molecule has 17 heavy (non-hydrogen) atoms. The topological polar surface area (TPSA) is 33.2 Å². The van der Waals surface area contributed by atoms with Gasteiger partial charge in [0, 0.05) is 19.8 Å². The zero-order valence-electron chi connectivity index (χ0n) is 9.26. The fraction of sp³-hybridized carbons (Fsp3) is 0.167. The number of carbonyl (C=O) groups is 1. The van der Waals surface area contributed by atoms with Crippen molar-refractivity contribution < 1.29 is 4.79 Å². The van der Waals surface area contributed by atoms with Crippen molar-refractivity contribution in [3.63, 3.8) is 0 Å². The van der Waals surface area contributed by atoms with Crippen LogP contribution in [0.15, 0.2) is 35.2 Å². The lowest BCUT2D eigenvalue weighted by Gasteiger charge is -2.16. The third kappa shape index (κ3) is 2.84. The van der Waals surface area contributed by atoms with Gasteiger partial charge in [0.05, 0.1) is 5.56 Å². The summed E-state index contributed by atoms with van der Waals surface area (Å²) < 4.78 is 0. The van der Waals surface area contributed by atoms with Gasteiger partial charge in [0.2, 0.25) is 0 Å². The van der Waals surface area contributed by atoms with E-state index in [2.05, 4.69) is 4.98 Å². The van der Waals surface area contributed by atoms with Crippen molar-refractivity contribution >= 4 is 28.8 Å². The van der Waals surface area contributed by atoms with Crippen molar-refractivity contribution in [2.24, 2.45) is 0 Å². The third-order valence-electron chi connectivity index (χ3n) is 2.34. The van der Waals surface area contributed by atoms with Crippen LogP contribution in [0.4, 0.5) is 0 Å². The molecule has 1 amide bonds. The summed E-state index contributed by atoms with van der Waals surface area (Å²) in [6, 6.07) is 5.39. The first-order chi connectivity index (χ1) is 8.18. The highest BCUT2D eigenvalue weighted by molar-refractivity contribution is 7.07. The van der Waals surface area contributed by atoms with E-state index in [4.69, 9.17) is 11.6 Å². The molecule has 2 rings (SSSR count). The van der Waals surface area contributed by atoms with Crippen molar-refractivity contribution in [3.8, 4) is 0 Å². The van der Waals surface area contributed by atoms with Crippen LogP contribution >= 0.6 is 22.9 Å². The standard InChI is InChI=1S/C12H11ClN2OS/c1-15(7-9-4-6-17-8-9)12(16)10-3-2-5-14-11(10)13/h2-6,8H,7H2,1H3. The molecule has 0 spiro atoms. The van der Waals surface area contributed by atoms with Crippen LogP contribution in [0.1, 0.15) is 15.9 Å². The summed E-state index contributed by atoms with van der Waals surface area (Å²) >= 11 is 7.50. The number of amides is 1. The molecular formula is C12H11ClN2OS. The molecule has 2 aromatic rings. The van der Waals surface area contributed by atoms with E-state index >= 15 is 0 Å². The smallest absolute Gasteiger partial charge is 0.257 e. The van der Waals surface area contributed by atoms with Crippen LogP contribution in [-0.2, 0) is 6.54 Å². The molecule has 2 aromatic heterocycles. The van der Waals surface area contributed by atoms with Crippen molar-refractivity contribution in [3.05, 3.63) is 51.4 Å². The summed E-state index contributed by atoms with van der Waals surface area (Å²) in [5, 5.41) is 4.26. The van der Waals surface area contributed by atoms with Gasteiger partial charge in [-0.05, 0) is 34.5 Å². The predicted molar refractivity (Wildman–Crippen MR) is 69.4 cm³/mol. The SMILES string of the molecule is CN(Cc1ccsc1)C(=O)c1cccnc1Cl. The predicted octanol–water partition coefficient (Wildman–Crippen LogP) is 3.07. The van der Waals surface area contributed by atoms with Crippen LogP contribution in [0.2, 0.25) is 5.15 Å². The lowest BCUT2D eigenvalue weighted by atomic mass is 10.2. The van der Waals surface area contributed by atoms with Gasteiger partial charge in [0.25, 0.3) is 5.91 Å².